The molecule has 25 heavy (non-hydrogen) atoms. The first-order chi connectivity index (χ1) is 12.1. The van der Waals surface area contributed by atoms with E-state index >= 15 is 0 Å². The maximum atomic E-state index is 12.6. The van der Waals surface area contributed by atoms with E-state index in [1.807, 2.05) is 38.1 Å². The Kier molecular flexibility index (Phi) is 7.00. The highest BCUT2D eigenvalue weighted by atomic mass is 16.5. The van der Waals surface area contributed by atoms with Crippen molar-refractivity contribution in [2.24, 2.45) is 0 Å². The molecule has 1 aromatic heterocycles. The van der Waals surface area contributed by atoms with Crippen LogP contribution in [0.4, 0.5) is 16.3 Å². The minimum Gasteiger partial charge on any atom is -0.363 e. The number of aryl methyl sites for hydroxylation is 1. The first-order valence-corrected chi connectivity index (χ1v) is 8.48. The average molecular weight is 344 g/mol. The number of nitrogens with zero attached hydrogens (tertiary/aromatic N) is 2. The van der Waals surface area contributed by atoms with E-state index in [0.717, 1.165) is 30.5 Å². The number of nitrogens with one attached hydrogen (secondary N) is 2. The zero-order valence-electron chi connectivity index (χ0n) is 14.6. The molecule has 7 heteroatoms. The number of anilines is 2. The minimum absolute atomic E-state index is 0.0486. The first-order valence-electron chi connectivity index (χ1n) is 8.48. The summed E-state index contributed by atoms with van der Waals surface area (Å²) in [5.41, 5.74) is 1.83. The quantitative estimate of drug-likeness (QED) is 0.767. The van der Waals surface area contributed by atoms with Crippen molar-refractivity contribution in [3.63, 3.8) is 0 Å². The summed E-state index contributed by atoms with van der Waals surface area (Å²) < 4.78 is 4.68. The standard InChI is InChI=1S/C18H24N4O3/c1-3-5-11-22(13-17(23)20-16-10-12-25-21-16)18(24)19-15-9-7-6-8-14(15)4-2/h6-10,12H,3-5,11,13H2,1-2H3,(H,19,24)(H,20,21,23). The van der Waals surface area contributed by atoms with Crippen LogP contribution in [0.1, 0.15) is 32.3 Å². The van der Waals surface area contributed by atoms with Crippen LogP contribution in [0.3, 0.4) is 0 Å². The molecule has 0 atom stereocenters. The molecule has 0 radical (unpaired) electrons. The Labute approximate surface area is 147 Å². The van der Waals surface area contributed by atoms with E-state index in [-0.39, 0.29) is 18.5 Å². The van der Waals surface area contributed by atoms with Crippen LogP contribution in [0.5, 0.6) is 0 Å². The molecule has 1 heterocycles. The zero-order chi connectivity index (χ0) is 18.1. The molecule has 2 rings (SSSR count). The molecule has 0 aliphatic carbocycles. The van der Waals surface area contributed by atoms with E-state index in [9.17, 15) is 9.59 Å². The lowest BCUT2D eigenvalue weighted by Crippen LogP contribution is -2.41. The number of benzene rings is 1. The van der Waals surface area contributed by atoms with Crippen LogP contribution < -0.4 is 10.6 Å². The molecule has 0 unspecified atom stereocenters. The lowest BCUT2D eigenvalue weighted by molar-refractivity contribution is -0.116. The summed E-state index contributed by atoms with van der Waals surface area (Å²) in [7, 11) is 0. The molecule has 0 saturated carbocycles. The van der Waals surface area contributed by atoms with Crippen molar-refractivity contribution >= 4 is 23.4 Å². The van der Waals surface area contributed by atoms with E-state index in [4.69, 9.17) is 0 Å². The van der Waals surface area contributed by atoms with Crippen LogP contribution in [0.2, 0.25) is 0 Å². The highest BCUT2D eigenvalue weighted by molar-refractivity contribution is 5.96. The molecule has 0 aliphatic heterocycles. The van der Waals surface area contributed by atoms with E-state index in [1.165, 1.54) is 11.2 Å². The monoisotopic (exact) mass is 344 g/mol. The summed E-state index contributed by atoms with van der Waals surface area (Å²) in [6.45, 7) is 4.53. The van der Waals surface area contributed by atoms with Crippen molar-refractivity contribution < 1.29 is 14.1 Å². The van der Waals surface area contributed by atoms with Gasteiger partial charge < -0.3 is 20.1 Å². The predicted octanol–water partition coefficient (Wildman–Crippen LogP) is 3.51. The maximum absolute atomic E-state index is 12.6. The smallest absolute Gasteiger partial charge is 0.322 e. The first kappa shape index (κ1) is 18.5. The average Bonchev–Trinajstić information content (AvgIpc) is 3.11. The van der Waals surface area contributed by atoms with Gasteiger partial charge in [-0.15, -0.1) is 0 Å². The summed E-state index contributed by atoms with van der Waals surface area (Å²) in [4.78, 5) is 26.3. The Morgan fingerprint density at radius 1 is 1.16 bits per heavy atom. The fourth-order valence-electron chi connectivity index (χ4n) is 2.38. The maximum Gasteiger partial charge on any atom is 0.322 e. The van der Waals surface area contributed by atoms with Gasteiger partial charge in [0.2, 0.25) is 5.91 Å². The highest BCUT2D eigenvalue weighted by Crippen LogP contribution is 2.16. The second kappa shape index (κ2) is 9.46. The fourth-order valence-corrected chi connectivity index (χ4v) is 2.38. The van der Waals surface area contributed by atoms with Crippen molar-refractivity contribution in [3.05, 3.63) is 42.2 Å². The predicted molar refractivity (Wildman–Crippen MR) is 96.5 cm³/mol. The van der Waals surface area contributed by atoms with Gasteiger partial charge in [-0.05, 0) is 24.5 Å². The van der Waals surface area contributed by atoms with Gasteiger partial charge in [-0.3, -0.25) is 4.79 Å². The third-order valence-corrected chi connectivity index (χ3v) is 3.75. The van der Waals surface area contributed by atoms with E-state index in [1.54, 1.807) is 6.07 Å². The molecule has 2 N–H and O–H groups in total. The number of para-hydroxylation sites is 1. The van der Waals surface area contributed by atoms with Crippen molar-refractivity contribution in [1.29, 1.82) is 0 Å². The summed E-state index contributed by atoms with van der Waals surface area (Å²) in [5.74, 6) is 0.0149. The molecule has 3 amide bonds. The van der Waals surface area contributed by atoms with E-state index < -0.39 is 0 Å². The number of unbranched alkanes of at least 4 members (excludes halogenated alkanes) is 1. The van der Waals surface area contributed by atoms with Crippen LogP contribution in [-0.2, 0) is 11.2 Å². The lowest BCUT2D eigenvalue weighted by Gasteiger charge is -2.23. The molecule has 0 aliphatic rings. The molecular formula is C18H24N4O3. The highest BCUT2D eigenvalue weighted by Gasteiger charge is 2.18. The van der Waals surface area contributed by atoms with Gasteiger partial charge in [0.1, 0.15) is 12.8 Å². The SMILES string of the molecule is CCCCN(CC(=O)Nc1ccon1)C(=O)Nc1ccccc1CC. The van der Waals surface area contributed by atoms with Gasteiger partial charge in [0.25, 0.3) is 0 Å². The number of carbonyl (C=O) groups excluding carboxylic acids is 2. The summed E-state index contributed by atoms with van der Waals surface area (Å²) in [6.07, 6.45) is 3.94. The largest absolute Gasteiger partial charge is 0.363 e. The van der Waals surface area contributed by atoms with Crippen molar-refractivity contribution in [2.75, 3.05) is 23.7 Å². The summed E-state index contributed by atoms with van der Waals surface area (Å²) >= 11 is 0. The second-order valence-corrected chi connectivity index (χ2v) is 5.65. The van der Waals surface area contributed by atoms with Gasteiger partial charge in [0.15, 0.2) is 5.82 Å². The van der Waals surface area contributed by atoms with Gasteiger partial charge in [-0.25, -0.2) is 4.79 Å². The molecule has 7 nitrogen and oxygen atoms in total. The normalized spacial score (nSPS) is 10.3. The zero-order valence-corrected chi connectivity index (χ0v) is 14.6. The van der Waals surface area contributed by atoms with Crippen LogP contribution >= 0.6 is 0 Å². The number of rotatable bonds is 8. The number of amides is 3. The van der Waals surface area contributed by atoms with E-state index in [0.29, 0.717) is 12.4 Å². The summed E-state index contributed by atoms with van der Waals surface area (Å²) in [6, 6.07) is 8.92. The Morgan fingerprint density at radius 2 is 1.96 bits per heavy atom. The van der Waals surface area contributed by atoms with Gasteiger partial charge in [0.05, 0.1) is 0 Å². The minimum atomic E-state index is -0.316. The van der Waals surface area contributed by atoms with Crippen LogP contribution in [-0.4, -0.2) is 35.1 Å². The molecule has 0 spiro atoms. The van der Waals surface area contributed by atoms with Gasteiger partial charge in [0, 0.05) is 18.3 Å². The molecule has 134 valence electrons. The summed E-state index contributed by atoms with van der Waals surface area (Å²) in [5, 5.41) is 9.15. The van der Waals surface area contributed by atoms with Crippen LogP contribution in [0.15, 0.2) is 41.1 Å². The van der Waals surface area contributed by atoms with Crippen LogP contribution in [0, 0.1) is 0 Å². The number of hydrogen-bond donors (Lipinski definition) is 2. The Balaban J connectivity index is 2.02. The van der Waals surface area contributed by atoms with Gasteiger partial charge in [-0.2, -0.15) is 0 Å². The fraction of sp³-hybridized carbons (Fsp3) is 0.389. The second-order valence-electron chi connectivity index (χ2n) is 5.65. The molecule has 0 bridgehead atoms. The molecule has 0 fully saturated rings. The lowest BCUT2D eigenvalue weighted by atomic mass is 10.1. The molecule has 2 aromatic rings. The third kappa shape index (κ3) is 5.63. The van der Waals surface area contributed by atoms with E-state index in [2.05, 4.69) is 20.3 Å². The van der Waals surface area contributed by atoms with Crippen molar-refractivity contribution in [2.45, 2.75) is 33.1 Å². The van der Waals surface area contributed by atoms with Gasteiger partial charge in [-0.1, -0.05) is 43.6 Å². The number of aromatic nitrogens is 1. The molecule has 0 saturated heterocycles. The van der Waals surface area contributed by atoms with Crippen molar-refractivity contribution in [3.8, 4) is 0 Å². The molecular weight excluding hydrogens is 320 g/mol. The Bertz CT molecular complexity index is 685. The topological polar surface area (TPSA) is 87.5 Å². The van der Waals surface area contributed by atoms with Crippen LogP contribution in [0.25, 0.3) is 0 Å². The number of urea groups is 1. The molecule has 1 aromatic carbocycles. The van der Waals surface area contributed by atoms with Gasteiger partial charge >= 0.3 is 6.03 Å². The number of hydrogen-bond acceptors (Lipinski definition) is 4. The third-order valence-electron chi connectivity index (χ3n) is 3.75. The number of carbonyl (C=O) groups is 2. The van der Waals surface area contributed by atoms with Crippen molar-refractivity contribution in [1.82, 2.24) is 10.1 Å². The Morgan fingerprint density at radius 3 is 2.64 bits per heavy atom. The Hall–Kier alpha value is -2.83.